The molecule has 0 unspecified atom stereocenters. The first-order valence-corrected chi connectivity index (χ1v) is 10.8. The largest absolute Gasteiger partial charge is 0.497 e. The maximum absolute atomic E-state index is 8.61. The van der Waals surface area contributed by atoms with Crippen LogP contribution >= 0.6 is 0 Å². The highest BCUT2D eigenvalue weighted by molar-refractivity contribution is 5.84. The number of nitrogens with zero attached hydrogens (tertiary/aromatic N) is 11. The number of hydrogen-bond donors (Lipinski definition) is 1. The third-order valence-corrected chi connectivity index (χ3v) is 5.51. The van der Waals surface area contributed by atoms with E-state index in [1.165, 1.54) is 0 Å². The zero-order chi connectivity index (χ0) is 24.4. The third kappa shape index (κ3) is 4.23. The van der Waals surface area contributed by atoms with Gasteiger partial charge < -0.3 is 14.6 Å². The number of azide groups is 1. The van der Waals surface area contributed by atoms with Crippen LogP contribution in [0, 0.1) is 6.92 Å². The SMILES string of the molecule is COc1ccnc(Nc2nc(-c3nccn3CCN=[N+]=[N-])nn3cc(-c4ccn(C)n4)c(C)c23)c1. The first-order chi connectivity index (χ1) is 17.1. The first-order valence-electron chi connectivity index (χ1n) is 10.8. The summed E-state index contributed by atoms with van der Waals surface area (Å²) in [6, 6.07) is 5.51. The molecule has 5 aromatic heterocycles. The topological polar surface area (TPSA) is 149 Å². The fourth-order valence-corrected chi connectivity index (χ4v) is 3.85. The second kappa shape index (κ2) is 9.15. The monoisotopic (exact) mass is 470 g/mol. The van der Waals surface area contributed by atoms with E-state index in [4.69, 9.17) is 20.4 Å². The van der Waals surface area contributed by atoms with Crippen LogP contribution in [0.15, 0.2) is 54.3 Å². The van der Waals surface area contributed by atoms with E-state index >= 15 is 0 Å². The van der Waals surface area contributed by atoms with Crippen LogP contribution in [0.3, 0.4) is 0 Å². The van der Waals surface area contributed by atoms with Gasteiger partial charge in [-0.05, 0) is 30.2 Å². The molecule has 0 saturated carbocycles. The van der Waals surface area contributed by atoms with Crippen LogP contribution in [0.25, 0.3) is 38.9 Å². The molecule has 5 aromatic rings. The second-order valence-electron chi connectivity index (χ2n) is 7.72. The van der Waals surface area contributed by atoms with Gasteiger partial charge in [-0.25, -0.2) is 19.5 Å². The molecule has 0 aliphatic rings. The van der Waals surface area contributed by atoms with Crippen molar-refractivity contribution in [3.63, 3.8) is 0 Å². The molecule has 0 aromatic carbocycles. The van der Waals surface area contributed by atoms with Crippen molar-refractivity contribution in [1.82, 2.24) is 38.9 Å². The molecule has 0 spiro atoms. The highest BCUT2D eigenvalue weighted by Crippen LogP contribution is 2.32. The Labute approximate surface area is 199 Å². The van der Waals surface area contributed by atoms with Gasteiger partial charge in [0.1, 0.15) is 17.1 Å². The fraction of sp³-hybridized carbons (Fsp3) is 0.227. The van der Waals surface area contributed by atoms with Crippen LogP contribution < -0.4 is 10.1 Å². The van der Waals surface area contributed by atoms with E-state index in [9.17, 15) is 0 Å². The molecule has 35 heavy (non-hydrogen) atoms. The van der Waals surface area contributed by atoms with Gasteiger partial charge in [-0.15, -0.1) is 5.10 Å². The molecule has 1 N–H and O–H groups in total. The smallest absolute Gasteiger partial charge is 0.218 e. The number of aromatic nitrogens is 8. The van der Waals surface area contributed by atoms with Gasteiger partial charge >= 0.3 is 0 Å². The normalized spacial score (nSPS) is 10.9. The number of pyridine rings is 1. The van der Waals surface area contributed by atoms with Crippen molar-refractivity contribution in [3.05, 3.63) is 65.2 Å². The zero-order valence-corrected chi connectivity index (χ0v) is 19.4. The average Bonchev–Trinajstić information content (AvgIpc) is 3.58. The van der Waals surface area contributed by atoms with E-state index in [0.717, 1.165) is 22.3 Å². The van der Waals surface area contributed by atoms with Crippen molar-refractivity contribution in [2.75, 3.05) is 19.0 Å². The van der Waals surface area contributed by atoms with Crippen molar-refractivity contribution in [2.24, 2.45) is 12.2 Å². The lowest BCUT2D eigenvalue weighted by Crippen LogP contribution is -2.09. The summed E-state index contributed by atoms with van der Waals surface area (Å²) in [6.45, 7) is 2.74. The summed E-state index contributed by atoms with van der Waals surface area (Å²) in [5, 5.41) is 16.2. The Kier molecular flexibility index (Phi) is 5.73. The maximum atomic E-state index is 8.61. The number of imidazole rings is 1. The number of ether oxygens (including phenoxy) is 1. The number of methoxy groups -OCH3 is 1. The molecule has 5 rings (SSSR count). The Hall–Kier alpha value is -4.90. The molecule has 13 heteroatoms. The molecule has 0 aliphatic carbocycles. The van der Waals surface area contributed by atoms with Crippen LogP contribution in [-0.4, -0.2) is 52.6 Å². The van der Waals surface area contributed by atoms with Crippen LogP contribution in [0.1, 0.15) is 5.56 Å². The molecule has 5 heterocycles. The predicted molar refractivity (Wildman–Crippen MR) is 129 cm³/mol. The van der Waals surface area contributed by atoms with Crippen molar-refractivity contribution < 1.29 is 4.74 Å². The molecule has 0 saturated heterocycles. The molecule has 0 atom stereocenters. The Balaban J connectivity index is 1.67. The summed E-state index contributed by atoms with van der Waals surface area (Å²) >= 11 is 0. The summed E-state index contributed by atoms with van der Waals surface area (Å²) in [4.78, 5) is 16.5. The van der Waals surface area contributed by atoms with Gasteiger partial charge in [0.25, 0.3) is 0 Å². The highest BCUT2D eigenvalue weighted by atomic mass is 16.5. The predicted octanol–water partition coefficient (Wildman–Crippen LogP) is 3.76. The minimum Gasteiger partial charge on any atom is -0.497 e. The van der Waals surface area contributed by atoms with Crippen molar-refractivity contribution in [3.8, 4) is 28.7 Å². The number of fused-ring (bicyclic) bond motifs is 1. The van der Waals surface area contributed by atoms with Crippen molar-refractivity contribution in [1.29, 1.82) is 0 Å². The van der Waals surface area contributed by atoms with E-state index in [-0.39, 0.29) is 6.54 Å². The molecule has 0 radical (unpaired) electrons. The Morgan fingerprint density at radius 2 is 2.06 bits per heavy atom. The van der Waals surface area contributed by atoms with E-state index in [1.54, 1.807) is 47.0 Å². The van der Waals surface area contributed by atoms with Gasteiger partial charge in [0.05, 0.1) is 12.8 Å². The first kappa shape index (κ1) is 21.9. The molecule has 0 fully saturated rings. The summed E-state index contributed by atoms with van der Waals surface area (Å²) in [5.41, 5.74) is 12.1. The van der Waals surface area contributed by atoms with Crippen molar-refractivity contribution >= 4 is 17.2 Å². The van der Waals surface area contributed by atoms with Crippen LogP contribution in [0.5, 0.6) is 5.75 Å². The van der Waals surface area contributed by atoms with Gasteiger partial charge in [0.15, 0.2) is 11.6 Å². The van der Waals surface area contributed by atoms with E-state index in [1.807, 2.05) is 37.0 Å². The van der Waals surface area contributed by atoms with Crippen LogP contribution in [0.4, 0.5) is 11.6 Å². The van der Waals surface area contributed by atoms with Crippen molar-refractivity contribution in [2.45, 2.75) is 13.5 Å². The zero-order valence-electron chi connectivity index (χ0n) is 19.4. The standard InChI is InChI=1S/C22H22N12O/c1-14-16(17-5-9-32(2)29-17)13-34-19(14)20(27-18-12-15(35-3)4-6-24-18)28-21(30-34)22-25-7-10-33(22)11-8-26-31-23/h4-7,9-10,12-13H,8,11H2,1-3H3,(H,24,27,28,30). The van der Waals surface area contributed by atoms with E-state index in [2.05, 4.69) is 30.4 Å². The molecule has 0 amide bonds. The lowest BCUT2D eigenvalue weighted by atomic mass is 10.1. The van der Waals surface area contributed by atoms with Gasteiger partial charge in [0.2, 0.25) is 5.82 Å². The van der Waals surface area contributed by atoms with Crippen LogP contribution in [0.2, 0.25) is 0 Å². The van der Waals surface area contributed by atoms with Crippen LogP contribution in [-0.2, 0) is 13.6 Å². The Morgan fingerprint density at radius 3 is 2.83 bits per heavy atom. The molecular weight excluding hydrogens is 448 g/mol. The molecule has 13 nitrogen and oxygen atoms in total. The number of hydrogen-bond acceptors (Lipinski definition) is 8. The lowest BCUT2D eigenvalue weighted by Gasteiger charge is -2.11. The van der Waals surface area contributed by atoms with Gasteiger partial charge in [0, 0.05) is 67.7 Å². The highest BCUT2D eigenvalue weighted by Gasteiger charge is 2.20. The third-order valence-electron chi connectivity index (χ3n) is 5.51. The minimum absolute atomic E-state index is 0.285. The summed E-state index contributed by atoms with van der Waals surface area (Å²) < 4.78 is 10.7. The molecule has 0 bridgehead atoms. The molecular formula is C22H22N12O. The number of rotatable bonds is 8. The van der Waals surface area contributed by atoms with E-state index in [0.29, 0.717) is 35.6 Å². The van der Waals surface area contributed by atoms with Gasteiger partial charge in [-0.2, -0.15) is 5.10 Å². The lowest BCUT2D eigenvalue weighted by molar-refractivity contribution is 0.414. The molecule has 0 aliphatic heterocycles. The maximum Gasteiger partial charge on any atom is 0.218 e. The number of aryl methyl sites for hydroxylation is 2. The second-order valence-corrected chi connectivity index (χ2v) is 7.72. The minimum atomic E-state index is 0.285. The number of anilines is 2. The Bertz CT molecular complexity index is 1560. The van der Waals surface area contributed by atoms with E-state index < -0.39 is 0 Å². The van der Waals surface area contributed by atoms with Gasteiger partial charge in [-0.1, -0.05) is 5.11 Å². The average molecular weight is 471 g/mol. The quantitative estimate of drug-likeness (QED) is 0.206. The number of nitrogens with one attached hydrogen (secondary N) is 1. The molecule has 176 valence electrons. The summed E-state index contributed by atoms with van der Waals surface area (Å²) in [6.07, 6.45) is 8.94. The summed E-state index contributed by atoms with van der Waals surface area (Å²) in [7, 11) is 3.48. The van der Waals surface area contributed by atoms with Gasteiger partial charge in [-0.3, -0.25) is 4.68 Å². The summed E-state index contributed by atoms with van der Waals surface area (Å²) in [5.74, 6) is 2.74. The fourth-order valence-electron chi connectivity index (χ4n) is 3.85. The Morgan fingerprint density at radius 1 is 1.17 bits per heavy atom.